The van der Waals surface area contributed by atoms with E-state index in [1.807, 2.05) is 25.7 Å². The number of likely N-dealkylation sites (tertiary alicyclic amines) is 1. The number of ether oxygens (including phenoxy) is 1. The summed E-state index contributed by atoms with van der Waals surface area (Å²) in [5, 5.41) is 2.93. The number of halogens is 1. The zero-order valence-electron chi connectivity index (χ0n) is 17.3. The molecule has 0 saturated carbocycles. The lowest BCUT2D eigenvalue weighted by atomic mass is 9.98. The van der Waals surface area contributed by atoms with Crippen LogP contribution in [0.25, 0.3) is 0 Å². The normalized spacial score (nSPS) is 17.2. The first-order valence-electron chi connectivity index (χ1n) is 9.85. The van der Waals surface area contributed by atoms with Gasteiger partial charge < -0.3 is 19.9 Å². The number of urea groups is 1. The molecule has 1 saturated heterocycles. The largest absolute Gasteiger partial charge is 0.444 e. The fraction of sp³-hybridized carbons (Fsp3) is 0.619. The van der Waals surface area contributed by atoms with Crippen LogP contribution in [0.2, 0.25) is 0 Å². The summed E-state index contributed by atoms with van der Waals surface area (Å²) in [6, 6.07) is 6.21. The lowest BCUT2D eigenvalue weighted by Crippen LogP contribution is -2.48. The Kier molecular flexibility index (Phi) is 7.66. The Morgan fingerprint density at radius 2 is 1.96 bits per heavy atom. The maximum atomic E-state index is 12.9. The third kappa shape index (κ3) is 7.37. The van der Waals surface area contributed by atoms with Crippen molar-refractivity contribution in [1.29, 1.82) is 0 Å². The van der Waals surface area contributed by atoms with Crippen LogP contribution < -0.4 is 5.32 Å². The molecular weight excluding hydrogens is 361 g/mol. The monoisotopic (exact) mass is 393 g/mol. The van der Waals surface area contributed by atoms with Gasteiger partial charge in [0, 0.05) is 33.2 Å². The number of piperidine rings is 1. The third-order valence-corrected chi connectivity index (χ3v) is 4.65. The molecule has 0 bridgehead atoms. The highest BCUT2D eigenvalue weighted by atomic mass is 19.1. The molecule has 0 aromatic heterocycles. The van der Waals surface area contributed by atoms with Crippen molar-refractivity contribution < 1.29 is 18.7 Å². The SMILES string of the molecule is CN(C[C@H]1CCCN(C(=O)NCCc2ccc(F)cc2)C1)C(=O)OC(C)(C)C. The number of benzene rings is 1. The van der Waals surface area contributed by atoms with E-state index in [-0.39, 0.29) is 23.9 Å². The van der Waals surface area contributed by atoms with Crippen molar-refractivity contribution in [1.82, 2.24) is 15.1 Å². The molecule has 1 aliphatic rings. The first-order chi connectivity index (χ1) is 13.1. The standard InChI is InChI=1S/C21H32FN3O3/c1-21(2,3)28-20(27)24(4)14-17-6-5-13-25(15-17)19(26)23-12-11-16-7-9-18(22)10-8-16/h7-10,17H,5-6,11-15H2,1-4H3,(H,23,26)/t17-/m1/s1. The first-order valence-corrected chi connectivity index (χ1v) is 9.85. The molecule has 2 rings (SSSR count). The van der Waals surface area contributed by atoms with E-state index in [9.17, 15) is 14.0 Å². The average Bonchev–Trinajstić information content (AvgIpc) is 2.62. The van der Waals surface area contributed by atoms with E-state index < -0.39 is 5.60 Å². The molecule has 1 heterocycles. The summed E-state index contributed by atoms with van der Waals surface area (Å²) in [6.07, 6.45) is 2.21. The molecule has 6 nitrogen and oxygen atoms in total. The van der Waals surface area contributed by atoms with Crippen molar-refractivity contribution in [3.05, 3.63) is 35.6 Å². The van der Waals surface area contributed by atoms with E-state index in [1.54, 1.807) is 24.1 Å². The second-order valence-corrected chi connectivity index (χ2v) is 8.42. The average molecular weight is 394 g/mol. The second-order valence-electron chi connectivity index (χ2n) is 8.42. The van der Waals surface area contributed by atoms with Crippen LogP contribution >= 0.6 is 0 Å². The number of carbonyl (C=O) groups is 2. The Morgan fingerprint density at radius 1 is 1.29 bits per heavy atom. The van der Waals surface area contributed by atoms with Crippen molar-refractivity contribution in [3.63, 3.8) is 0 Å². The Bertz CT molecular complexity index is 658. The molecule has 0 unspecified atom stereocenters. The van der Waals surface area contributed by atoms with Crippen molar-refractivity contribution in [2.24, 2.45) is 5.92 Å². The molecule has 0 radical (unpaired) electrons. The van der Waals surface area contributed by atoms with Gasteiger partial charge in [-0.25, -0.2) is 14.0 Å². The zero-order valence-corrected chi connectivity index (χ0v) is 17.3. The van der Waals surface area contributed by atoms with Crippen LogP contribution in [-0.4, -0.2) is 60.8 Å². The van der Waals surface area contributed by atoms with Gasteiger partial charge in [-0.2, -0.15) is 0 Å². The lowest BCUT2D eigenvalue weighted by Gasteiger charge is -2.35. The molecule has 1 aromatic carbocycles. The lowest BCUT2D eigenvalue weighted by molar-refractivity contribution is 0.0252. The number of hydrogen-bond donors (Lipinski definition) is 1. The number of rotatable bonds is 5. The fourth-order valence-corrected chi connectivity index (χ4v) is 3.28. The molecule has 0 aliphatic carbocycles. The first kappa shape index (κ1) is 22.0. The zero-order chi connectivity index (χ0) is 20.7. The molecule has 0 spiro atoms. The minimum absolute atomic E-state index is 0.0910. The predicted molar refractivity (Wildman–Crippen MR) is 107 cm³/mol. The van der Waals surface area contributed by atoms with Gasteiger partial charge in [0.05, 0.1) is 0 Å². The van der Waals surface area contributed by atoms with Crippen LogP contribution in [0.5, 0.6) is 0 Å². The smallest absolute Gasteiger partial charge is 0.410 e. The quantitative estimate of drug-likeness (QED) is 0.831. The molecular formula is C21H32FN3O3. The summed E-state index contributed by atoms with van der Waals surface area (Å²) in [5.41, 5.74) is 0.464. The van der Waals surface area contributed by atoms with E-state index in [0.717, 1.165) is 24.9 Å². The number of nitrogens with zero attached hydrogens (tertiary/aromatic N) is 2. The summed E-state index contributed by atoms with van der Waals surface area (Å²) in [6.45, 7) is 7.94. The van der Waals surface area contributed by atoms with Gasteiger partial charge in [-0.1, -0.05) is 12.1 Å². The molecule has 7 heteroatoms. The molecule has 1 aromatic rings. The molecule has 1 N–H and O–H groups in total. The van der Waals surface area contributed by atoms with Gasteiger partial charge in [0.2, 0.25) is 0 Å². The Morgan fingerprint density at radius 3 is 2.61 bits per heavy atom. The van der Waals surface area contributed by atoms with Crippen LogP contribution in [-0.2, 0) is 11.2 Å². The molecule has 1 atom stereocenters. The van der Waals surface area contributed by atoms with Crippen molar-refractivity contribution in [2.75, 3.05) is 33.2 Å². The Hall–Kier alpha value is -2.31. The topological polar surface area (TPSA) is 61.9 Å². The highest BCUT2D eigenvalue weighted by Gasteiger charge is 2.27. The van der Waals surface area contributed by atoms with Crippen LogP contribution in [0.15, 0.2) is 24.3 Å². The summed E-state index contributed by atoms with van der Waals surface area (Å²) in [5.74, 6) is -0.0300. The van der Waals surface area contributed by atoms with Gasteiger partial charge in [-0.3, -0.25) is 0 Å². The van der Waals surface area contributed by atoms with Crippen molar-refractivity contribution in [2.45, 2.75) is 45.6 Å². The third-order valence-electron chi connectivity index (χ3n) is 4.65. The Balaban J connectivity index is 1.76. The predicted octanol–water partition coefficient (Wildman–Crippen LogP) is 3.66. The van der Waals surface area contributed by atoms with Crippen LogP contribution in [0.1, 0.15) is 39.2 Å². The molecule has 3 amide bonds. The number of hydrogen-bond acceptors (Lipinski definition) is 3. The maximum absolute atomic E-state index is 12.9. The van der Waals surface area contributed by atoms with Crippen LogP contribution in [0, 0.1) is 11.7 Å². The van der Waals surface area contributed by atoms with Crippen LogP contribution in [0.3, 0.4) is 0 Å². The highest BCUT2D eigenvalue weighted by molar-refractivity contribution is 5.74. The molecule has 1 fully saturated rings. The van der Waals surface area contributed by atoms with E-state index in [4.69, 9.17) is 4.74 Å². The number of nitrogens with one attached hydrogen (secondary N) is 1. The van der Waals surface area contributed by atoms with Gasteiger partial charge in [-0.05, 0) is 63.6 Å². The summed E-state index contributed by atoms with van der Waals surface area (Å²) < 4.78 is 18.3. The minimum Gasteiger partial charge on any atom is -0.444 e. The van der Waals surface area contributed by atoms with E-state index in [0.29, 0.717) is 26.1 Å². The van der Waals surface area contributed by atoms with Gasteiger partial charge in [0.1, 0.15) is 11.4 Å². The maximum Gasteiger partial charge on any atom is 0.410 e. The highest BCUT2D eigenvalue weighted by Crippen LogP contribution is 2.18. The van der Waals surface area contributed by atoms with Gasteiger partial charge in [0.25, 0.3) is 0 Å². The summed E-state index contributed by atoms with van der Waals surface area (Å²) in [4.78, 5) is 28.0. The molecule has 156 valence electrons. The van der Waals surface area contributed by atoms with Gasteiger partial charge in [-0.15, -0.1) is 0 Å². The van der Waals surface area contributed by atoms with Crippen molar-refractivity contribution in [3.8, 4) is 0 Å². The minimum atomic E-state index is -0.519. The van der Waals surface area contributed by atoms with E-state index in [2.05, 4.69) is 5.32 Å². The molecule has 28 heavy (non-hydrogen) atoms. The van der Waals surface area contributed by atoms with Gasteiger partial charge >= 0.3 is 12.1 Å². The van der Waals surface area contributed by atoms with E-state index in [1.165, 1.54) is 12.1 Å². The number of carbonyl (C=O) groups excluding carboxylic acids is 2. The van der Waals surface area contributed by atoms with Crippen LogP contribution in [0.4, 0.5) is 14.0 Å². The summed E-state index contributed by atoms with van der Waals surface area (Å²) in [7, 11) is 1.73. The molecule has 1 aliphatic heterocycles. The Labute approximate surface area is 167 Å². The van der Waals surface area contributed by atoms with Gasteiger partial charge in [0.15, 0.2) is 0 Å². The van der Waals surface area contributed by atoms with E-state index >= 15 is 0 Å². The second kappa shape index (κ2) is 9.75. The number of amides is 3. The fourth-order valence-electron chi connectivity index (χ4n) is 3.28. The van der Waals surface area contributed by atoms with Crippen molar-refractivity contribution >= 4 is 12.1 Å². The summed E-state index contributed by atoms with van der Waals surface area (Å²) >= 11 is 0.